The van der Waals surface area contributed by atoms with Crippen molar-refractivity contribution in [3.63, 3.8) is 0 Å². The van der Waals surface area contributed by atoms with Gasteiger partial charge >= 0.3 is 0 Å². The molecule has 0 bridgehead atoms. The maximum Gasteiger partial charge on any atom is 0.269 e. The van der Waals surface area contributed by atoms with Gasteiger partial charge in [-0.3, -0.25) is 30.0 Å². The summed E-state index contributed by atoms with van der Waals surface area (Å²) in [7, 11) is 0. The van der Waals surface area contributed by atoms with Crippen molar-refractivity contribution < 1.29 is 24.7 Å². The van der Waals surface area contributed by atoms with Gasteiger partial charge in [-0.15, -0.1) is 0 Å². The zero-order valence-electron chi connectivity index (χ0n) is 12.5. The lowest BCUT2D eigenvalue weighted by molar-refractivity contribution is -0.411. The molecule has 2 aromatic carbocycles. The van der Waals surface area contributed by atoms with Crippen molar-refractivity contribution in [2.24, 2.45) is 0 Å². The number of hydrogen-bond donors (Lipinski definition) is 0. The molecule has 1 saturated carbocycles. The molecule has 2 aromatic rings. The van der Waals surface area contributed by atoms with E-state index in [4.69, 9.17) is 9.78 Å². The molecular weight excluding hydrogens is 320 g/mol. The smallest absolute Gasteiger partial charge is 0.269 e. The van der Waals surface area contributed by atoms with Gasteiger partial charge in [-0.1, -0.05) is 19.3 Å². The third-order valence-corrected chi connectivity index (χ3v) is 2.71. The number of hydrogen-bond acceptors (Lipinski definition) is 7. The Morgan fingerprint density at radius 3 is 1.25 bits per heavy atom. The molecule has 0 heterocycles. The Kier molecular flexibility index (Phi) is 6.03. The minimum atomic E-state index is -0.544. The van der Waals surface area contributed by atoms with E-state index in [2.05, 4.69) is 5.04 Å². The first-order chi connectivity index (χ1) is 11.6. The predicted octanol–water partition coefficient (Wildman–Crippen LogP) is 3.98. The summed E-state index contributed by atoms with van der Waals surface area (Å²) in [5.74, 6) is 0.394. The fourth-order valence-electron chi connectivity index (χ4n) is 1.34. The van der Waals surface area contributed by atoms with Gasteiger partial charge in [0.05, 0.1) is 9.85 Å². The molecule has 0 radical (unpaired) electrons. The quantitative estimate of drug-likeness (QED) is 0.446. The summed E-state index contributed by atoms with van der Waals surface area (Å²) in [6, 6.07) is 10.3. The lowest BCUT2D eigenvalue weighted by atomic mass is 10.3. The van der Waals surface area contributed by atoms with Crippen LogP contribution in [0.1, 0.15) is 19.3 Å². The van der Waals surface area contributed by atoms with Crippen molar-refractivity contribution in [3.8, 4) is 11.5 Å². The highest BCUT2D eigenvalue weighted by Gasteiger charge is 2.07. The first-order valence-electron chi connectivity index (χ1n) is 7.06. The molecule has 0 spiro atoms. The van der Waals surface area contributed by atoms with Gasteiger partial charge in [0.2, 0.25) is 0 Å². The number of nitrogens with zero attached hydrogens (tertiary/aromatic N) is 2. The molecule has 3 rings (SSSR count). The highest BCUT2D eigenvalue weighted by molar-refractivity contribution is 5.36. The van der Waals surface area contributed by atoms with Crippen LogP contribution in [0.5, 0.6) is 11.5 Å². The molecule has 0 aliphatic heterocycles. The van der Waals surface area contributed by atoms with Crippen LogP contribution >= 0.6 is 0 Å². The van der Waals surface area contributed by atoms with Crippen molar-refractivity contribution in [3.05, 3.63) is 68.8 Å². The molecule has 126 valence electrons. The molecule has 9 heteroatoms. The fourth-order valence-corrected chi connectivity index (χ4v) is 1.34. The average molecular weight is 334 g/mol. The Morgan fingerprint density at radius 1 is 0.667 bits per heavy atom. The van der Waals surface area contributed by atoms with Crippen molar-refractivity contribution in [2.75, 3.05) is 0 Å². The van der Waals surface area contributed by atoms with E-state index in [-0.39, 0.29) is 22.9 Å². The Labute approximate surface area is 136 Å². The number of rotatable bonds is 6. The highest BCUT2D eigenvalue weighted by atomic mass is 17.5. The summed E-state index contributed by atoms with van der Waals surface area (Å²) >= 11 is 0. The Hall–Kier alpha value is -3.20. The monoisotopic (exact) mass is 334 g/mol. The molecule has 0 amide bonds. The van der Waals surface area contributed by atoms with Crippen LogP contribution in [0.25, 0.3) is 0 Å². The Balaban J connectivity index is 0.000000623. The van der Waals surface area contributed by atoms with Crippen LogP contribution in [0, 0.1) is 20.2 Å². The van der Waals surface area contributed by atoms with Crippen molar-refractivity contribution >= 4 is 11.4 Å². The summed E-state index contributed by atoms with van der Waals surface area (Å²) in [4.78, 5) is 29.3. The lowest BCUT2D eigenvalue weighted by Crippen LogP contribution is -2.02. The van der Waals surface area contributed by atoms with Crippen LogP contribution < -0.4 is 9.78 Å². The van der Waals surface area contributed by atoms with E-state index in [1.807, 2.05) is 0 Å². The van der Waals surface area contributed by atoms with E-state index in [0.717, 1.165) is 0 Å². The van der Waals surface area contributed by atoms with Gasteiger partial charge in [-0.2, -0.15) is 0 Å². The summed E-state index contributed by atoms with van der Waals surface area (Å²) < 4.78 is 0. The van der Waals surface area contributed by atoms with Crippen LogP contribution in [0.4, 0.5) is 11.4 Å². The maximum atomic E-state index is 10.4. The fraction of sp³-hybridized carbons (Fsp3) is 0.200. The van der Waals surface area contributed by atoms with Crippen LogP contribution in [0.2, 0.25) is 0 Å². The average Bonchev–Trinajstić information content (AvgIpc) is 3.45. The molecular formula is C15H14N2O7. The molecule has 0 N–H and O–H groups in total. The Bertz CT molecular complexity index is 624. The van der Waals surface area contributed by atoms with E-state index >= 15 is 0 Å². The summed E-state index contributed by atoms with van der Waals surface area (Å²) in [5, 5.41) is 25.4. The van der Waals surface area contributed by atoms with E-state index in [1.54, 1.807) is 0 Å². The maximum absolute atomic E-state index is 10.4. The van der Waals surface area contributed by atoms with Gasteiger partial charge < -0.3 is 0 Å². The van der Waals surface area contributed by atoms with Crippen molar-refractivity contribution in [1.29, 1.82) is 0 Å². The van der Waals surface area contributed by atoms with E-state index < -0.39 is 9.85 Å². The van der Waals surface area contributed by atoms with Crippen molar-refractivity contribution in [1.82, 2.24) is 0 Å². The molecule has 1 aliphatic carbocycles. The number of non-ortho nitro benzene ring substituents is 2. The van der Waals surface area contributed by atoms with Crippen LogP contribution in [0.15, 0.2) is 48.5 Å². The third kappa shape index (κ3) is 5.89. The second kappa shape index (κ2) is 8.44. The van der Waals surface area contributed by atoms with Gasteiger partial charge in [0.15, 0.2) is 11.5 Å². The van der Waals surface area contributed by atoms with E-state index in [1.165, 1.54) is 67.8 Å². The van der Waals surface area contributed by atoms with Gasteiger partial charge in [0, 0.05) is 29.3 Å². The Morgan fingerprint density at radius 2 is 1.00 bits per heavy atom. The van der Waals surface area contributed by atoms with Crippen LogP contribution in [-0.4, -0.2) is 9.85 Å². The standard InChI is InChI=1S/C12H8N2O7.C3H6/c15-13(16)9-1-5-11(6-2-9)19-21-20-12-7-3-10(4-8-12)14(17)18;1-2-3-1/h1-8H;1-3H2. The molecule has 0 atom stereocenters. The first kappa shape index (κ1) is 17.2. The number of nitro groups is 2. The van der Waals surface area contributed by atoms with E-state index in [9.17, 15) is 20.2 Å². The molecule has 0 saturated heterocycles. The largest absolute Gasteiger partial charge is 0.299 e. The van der Waals surface area contributed by atoms with Crippen LogP contribution in [-0.2, 0) is 5.04 Å². The SMILES string of the molecule is C1CC1.O=[N+]([O-])c1ccc(OOOc2ccc([N+](=O)[O-])cc2)cc1. The minimum Gasteiger partial charge on any atom is -0.299 e. The van der Waals surface area contributed by atoms with Gasteiger partial charge in [-0.05, 0) is 24.3 Å². The molecule has 0 aromatic heterocycles. The topological polar surface area (TPSA) is 114 Å². The second-order valence-electron chi connectivity index (χ2n) is 4.80. The van der Waals surface area contributed by atoms with Gasteiger partial charge in [0.25, 0.3) is 11.4 Å². The summed E-state index contributed by atoms with van der Waals surface area (Å²) in [5.41, 5.74) is -0.169. The zero-order valence-corrected chi connectivity index (χ0v) is 12.5. The normalized spacial score (nSPS) is 11.7. The second-order valence-corrected chi connectivity index (χ2v) is 4.80. The molecule has 0 unspecified atom stereocenters. The minimum absolute atomic E-state index is 0.0846. The van der Waals surface area contributed by atoms with Gasteiger partial charge in [0.1, 0.15) is 0 Å². The summed E-state index contributed by atoms with van der Waals surface area (Å²) in [6.07, 6.45) is 4.50. The molecule has 1 fully saturated rings. The third-order valence-electron chi connectivity index (χ3n) is 2.71. The zero-order chi connectivity index (χ0) is 17.4. The first-order valence-corrected chi connectivity index (χ1v) is 7.06. The number of benzene rings is 2. The van der Waals surface area contributed by atoms with Crippen LogP contribution in [0.3, 0.4) is 0 Å². The molecule has 1 aliphatic rings. The van der Waals surface area contributed by atoms with Gasteiger partial charge in [-0.25, -0.2) is 0 Å². The predicted molar refractivity (Wildman–Crippen MR) is 82.4 cm³/mol. The lowest BCUT2D eigenvalue weighted by Gasteiger charge is -2.04. The summed E-state index contributed by atoms with van der Waals surface area (Å²) in [6.45, 7) is 0. The number of nitro benzene ring substituents is 2. The highest BCUT2D eigenvalue weighted by Crippen LogP contribution is 2.20. The molecule has 24 heavy (non-hydrogen) atoms. The van der Waals surface area contributed by atoms with E-state index in [0.29, 0.717) is 0 Å². The molecule has 9 nitrogen and oxygen atoms in total. The van der Waals surface area contributed by atoms with Crippen molar-refractivity contribution in [2.45, 2.75) is 19.3 Å².